The first-order valence-corrected chi connectivity index (χ1v) is 4.66. The summed E-state index contributed by atoms with van der Waals surface area (Å²) in [5.41, 5.74) is 2.20. The number of benzene rings is 1. The summed E-state index contributed by atoms with van der Waals surface area (Å²) in [6, 6.07) is 5.33. The smallest absolute Gasteiger partial charge is 0.166 e. The van der Waals surface area contributed by atoms with Crippen LogP contribution in [0.15, 0.2) is 43.2 Å². The summed E-state index contributed by atoms with van der Waals surface area (Å²) in [7, 11) is 0. The lowest BCUT2D eigenvalue weighted by Crippen LogP contribution is -1.97. The first kappa shape index (κ1) is 9.52. The van der Waals surface area contributed by atoms with Crippen LogP contribution >= 0.6 is 0 Å². The minimum absolute atomic E-state index is 0.0533. The topological polar surface area (TPSA) is 42.9 Å². The van der Waals surface area contributed by atoms with Crippen LogP contribution in [0.4, 0.5) is 0 Å². The Kier molecular flexibility index (Phi) is 2.54. The number of aromatic nitrogens is 2. The quantitative estimate of drug-likeness (QED) is 0.561. The van der Waals surface area contributed by atoms with Crippen molar-refractivity contribution >= 4 is 16.8 Å². The average Bonchev–Trinajstić information content (AvgIpc) is 2.29. The zero-order chi connectivity index (χ0) is 10.7. The molecule has 2 aromatic rings. The summed E-state index contributed by atoms with van der Waals surface area (Å²) in [5, 5.41) is 0. The number of rotatable bonds is 3. The molecule has 1 aromatic carbocycles. The van der Waals surface area contributed by atoms with Crippen molar-refractivity contribution in [3.8, 4) is 0 Å². The number of nitrogens with zero attached hydrogens (tertiary/aromatic N) is 2. The number of carbonyl (C=O) groups excluding carboxylic acids is 1. The van der Waals surface area contributed by atoms with Gasteiger partial charge in [-0.3, -0.25) is 14.8 Å². The molecule has 0 bridgehead atoms. The van der Waals surface area contributed by atoms with E-state index in [0.717, 1.165) is 11.0 Å². The van der Waals surface area contributed by atoms with Crippen LogP contribution in [0.1, 0.15) is 16.8 Å². The molecule has 0 saturated carbocycles. The summed E-state index contributed by atoms with van der Waals surface area (Å²) >= 11 is 0. The third kappa shape index (κ3) is 1.91. The second-order valence-electron chi connectivity index (χ2n) is 3.18. The number of allylic oxidation sites excluding steroid dienone is 1. The van der Waals surface area contributed by atoms with Crippen LogP contribution in [0, 0.1) is 0 Å². The fourth-order valence-corrected chi connectivity index (χ4v) is 1.39. The lowest BCUT2D eigenvalue weighted by atomic mass is 10.1. The first-order chi connectivity index (χ1) is 7.31. The maximum Gasteiger partial charge on any atom is 0.166 e. The van der Waals surface area contributed by atoms with Crippen LogP contribution in [-0.4, -0.2) is 15.8 Å². The van der Waals surface area contributed by atoms with Gasteiger partial charge in [-0.1, -0.05) is 6.08 Å². The Bertz CT molecular complexity index is 520. The SMILES string of the molecule is C=CCC(=O)c1ccc2nccnc2c1. The zero-order valence-electron chi connectivity index (χ0n) is 8.18. The fraction of sp³-hybridized carbons (Fsp3) is 0.0833. The van der Waals surface area contributed by atoms with Gasteiger partial charge in [-0.15, -0.1) is 6.58 Å². The zero-order valence-corrected chi connectivity index (χ0v) is 8.18. The highest BCUT2D eigenvalue weighted by Crippen LogP contribution is 2.12. The molecule has 0 amide bonds. The van der Waals surface area contributed by atoms with Crippen molar-refractivity contribution in [1.82, 2.24) is 9.97 Å². The number of fused-ring (bicyclic) bond motifs is 1. The molecule has 1 heterocycles. The minimum atomic E-state index is 0.0533. The second-order valence-corrected chi connectivity index (χ2v) is 3.18. The summed E-state index contributed by atoms with van der Waals surface area (Å²) in [5.74, 6) is 0.0533. The van der Waals surface area contributed by atoms with E-state index in [1.165, 1.54) is 0 Å². The van der Waals surface area contributed by atoms with E-state index < -0.39 is 0 Å². The normalized spacial score (nSPS) is 10.1. The molecule has 0 saturated heterocycles. The number of Topliss-reactive ketones (excluding diaryl/α,β-unsaturated/α-hetero) is 1. The maximum atomic E-state index is 11.6. The van der Waals surface area contributed by atoms with E-state index in [9.17, 15) is 4.79 Å². The molecule has 0 aliphatic rings. The number of carbonyl (C=O) groups is 1. The predicted molar refractivity (Wildman–Crippen MR) is 58.7 cm³/mol. The second kappa shape index (κ2) is 4.00. The molecule has 0 N–H and O–H groups in total. The van der Waals surface area contributed by atoms with E-state index in [2.05, 4.69) is 16.5 Å². The molecule has 0 fully saturated rings. The van der Waals surface area contributed by atoms with E-state index in [-0.39, 0.29) is 5.78 Å². The standard InChI is InChI=1S/C12H10N2O/c1-2-3-12(15)9-4-5-10-11(8-9)14-7-6-13-10/h2,4-8H,1,3H2. The van der Waals surface area contributed by atoms with Crippen molar-refractivity contribution in [3.63, 3.8) is 0 Å². The van der Waals surface area contributed by atoms with Gasteiger partial charge in [0.1, 0.15) is 0 Å². The van der Waals surface area contributed by atoms with Crippen LogP contribution in [0.5, 0.6) is 0 Å². The molecular weight excluding hydrogens is 188 g/mol. The lowest BCUT2D eigenvalue weighted by Gasteiger charge is -1.99. The van der Waals surface area contributed by atoms with Gasteiger partial charge in [0, 0.05) is 24.4 Å². The first-order valence-electron chi connectivity index (χ1n) is 4.66. The highest BCUT2D eigenvalue weighted by atomic mass is 16.1. The lowest BCUT2D eigenvalue weighted by molar-refractivity contribution is 0.0996. The summed E-state index contributed by atoms with van der Waals surface area (Å²) < 4.78 is 0. The average molecular weight is 198 g/mol. The van der Waals surface area contributed by atoms with Gasteiger partial charge >= 0.3 is 0 Å². The fourth-order valence-electron chi connectivity index (χ4n) is 1.39. The van der Waals surface area contributed by atoms with E-state index in [1.54, 1.807) is 36.7 Å². The maximum absolute atomic E-state index is 11.6. The van der Waals surface area contributed by atoms with Gasteiger partial charge in [-0.25, -0.2) is 0 Å². The molecule has 74 valence electrons. The van der Waals surface area contributed by atoms with E-state index in [1.807, 2.05) is 0 Å². The molecule has 2 rings (SSSR count). The van der Waals surface area contributed by atoms with Crippen LogP contribution in [-0.2, 0) is 0 Å². The van der Waals surface area contributed by atoms with Gasteiger partial charge in [0.15, 0.2) is 5.78 Å². The highest BCUT2D eigenvalue weighted by Gasteiger charge is 2.04. The molecule has 3 heteroatoms. The van der Waals surface area contributed by atoms with E-state index in [4.69, 9.17) is 0 Å². The Morgan fingerprint density at radius 1 is 1.27 bits per heavy atom. The number of hydrogen-bond donors (Lipinski definition) is 0. The van der Waals surface area contributed by atoms with Crippen LogP contribution in [0.25, 0.3) is 11.0 Å². The molecule has 0 spiro atoms. The van der Waals surface area contributed by atoms with E-state index in [0.29, 0.717) is 12.0 Å². The van der Waals surface area contributed by atoms with Crippen molar-refractivity contribution < 1.29 is 4.79 Å². The Balaban J connectivity index is 2.46. The van der Waals surface area contributed by atoms with Crippen molar-refractivity contribution in [3.05, 3.63) is 48.8 Å². The summed E-state index contributed by atoms with van der Waals surface area (Å²) in [6.45, 7) is 3.54. The summed E-state index contributed by atoms with van der Waals surface area (Å²) in [6.07, 6.45) is 5.20. The molecule has 3 nitrogen and oxygen atoms in total. The molecule has 1 aromatic heterocycles. The Morgan fingerprint density at radius 2 is 2.00 bits per heavy atom. The van der Waals surface area contributed by atoms with Gasteiger partial charge in [0.25, 0.3) is 0 Å². The molecule has 0 aliphatic heterocycles. The third-order valence-electron chi connectivity index (χ3n) is 2.12. The van der Waals surface area contributed by atoms with Crippen molar-refractivity contribution in [2.75, 3.05) is 0 Å². The molecule has 0 unspecified atom stereocenters. The van der Waals surface area contributed by atoms with Crippen molar-refractivity contribution in [2.45, 2.75) is 6.42 Å². The number of hydrogen-bond acceptors (Lipinski definition) is 3. The Labute approximate surface area is 87.5 Å². The molecule has 15 heavy (non-hydrogen) atoms. The highest BCUT2D eigenvalue weighted by molar-refractivity contribution is 5.99. The largest absolute Gasteiger partial charge is 0.294 e. The monoisotopic (exact) mass is 198 g/mol. The van der Waals surface area contributed by atoms with Gasteiger partial charge in [0.2, 0.25) is 0 Å². The Hall–Kier alpha value is -2.03. The van der Waals surface area contributed by atoms with Gasteiger partial charge in [-0.05, 0) is 18.2 Å². The molecule has 0 radical (unpaired) electrons. The molecule has 0 aliphatic carbocycles. The van der Waals surface area contributed by atoms with Gasteiger partial charge in [0.05, 0.1) is 11.0 Å². The number of ketones is 1. The van der Waals surface area contributed by atoms with Crippen molar-refractivity contribution in [2.24, 2.45) is 0 Å². The minimum Gasteiger partial charge on any atom is -0.294 e. The van der Waals surface area contributed by atoms with Crippen LogP contribution in [0.3, 0.4) is 0 Å². The Morgan fingerprint density at radius 3 is 2.73 bits per heavy atom. The van der Waals surface area contributed by atoms with Crippen molar-refractivity contribution in [1.29, 1.82) is 0 Å². The van der Waals surface area contributed by atoms with Gasteiger partial charge in [-0.2, -0.15) is 0 Å². The van der Waals surface area contributed by atoms with Gasteiger partial charge < -0.3 is 0 Å². The van der Waals surface area contributed by atoms with Crippen LogP contribution < -0.4 is 0 Å². The predicted octanol–water partition coefficient (Wildman–Crippen LogP) is 2.39. The van der Waals surface area contributed by atoms with E-state index >= 15 is 0 Å². The summed E-state index contributed by atoms with van der Waals surface area (Å²) in [4.78, 5) is 19.8. The molecule has 0 atom stereocenters. The molecular formula is C12H10N2O. The third-order valence-corrected chi connectivity index (χ3v) is 2.12. The van der Waals surface area contributed by atoms with Crippen LogP contribution in [0.2, 0.25) is 0 Å².